The maximum absolute atomic E-state index is 11.5. The van der Waals surface area contributed by atoms with Crippen LogP contribution in [0.25, 0.3) is 16.2 Å². The minimum absolute atomic E-state index is 0.118. The monoisotopic (exact) mass is 220 g/mol. The average molecular weight is 220 g/mol. The number of rotatable bonds is 2. The van der Waals surface area contributed by atoms with E-state index in [-0.39, 0.29) is 5.56 Å². The third-order valence-electron chi connectivity index (χ3n) is 2.26. The number of nitrogens with one attached hydrogen (secondary N) is 1. The van der Waals surface area contributed by atoms with Crippen LogP contribution in [0, 0.1) is 0 Å². The molecule has 0 radical (unpaired) electrons. The largest absolute Gasteiger partial charge is 0.282 e. The molecule has 0 aliphatic carbocycles. The third-order valence-corrected chi connectivity index (χ3v) is 3.39. The Kier molecular flexibility index (Phi) is 2.44. The average Bonchev–Trinajstić information content (AvgIpc) is 2.62. The van der Waals surface area contributed by atoms with Crippen molar-refractivity contribution >= 4 is 27.5 Å². The maximum Gasteiger partial charge on any atom is 0.282 e. The summed E-state index contributed by atoms with van der Waals surface area (Å²) in [4.78, 5) is 12.5. The molecule has 3 nitrogen and oxygen atoms in total. The highest BCUT2D eigenvalue weighted by Crippen LogP contribution is 2.28. The van der Waals surface area contributed by atoms with Crippen LogP contribution in [0.1, 0.15) is 30.3 Å². The van der Waals surface area contributed by atoms with Gasteiger partial charge in [0.1, 0.15) is 4.70 Å². The zero-order valence-corrected chi connectivity index (χ0v) is 9.52. The normalized spacial score (nSPS) is 11.1. The zero-order chi connectivity index (χ0) is 11.0. The first-order valence-electron chi connectivity index (χ1n) is 4.78. The maximum atomic E-state index is 11.5. The van der Waals surface area contributed by atoms with Crippen LogP contribution in [0.3, 0.4) is 0 Å². The second kappa shape index (κ2) is 3.62. The molecule has 1 N–H and O–H groups in total. The fourth-order valence-corrected chi connectivity index (χ4v) is 2.44. The van der Waals surface area contributed by atoms with Crippen LogP contribution in [-0.4, -0.2) is 10.2 Å². The smallest absolute Gasteiger partial charge is 0.266 e. The fourth-order valence-electron chi connectivity index (χ4n) is 1.53. The third kappa shape index (κ3) is 1.61. The summed E-state index contributed by atoms with van der Waals surface area (Å²) < 4.78 is 0.739. The summed E-state index contributed by atoms with van der Waals surface area (Å²) in [7, 11) is 0. The van der Waals surface area contributed by atoms with Gasteiger partial charge in [0.05, 0.1) is 5.69 Å². The summed E-state index contributed by atoms with van der Waals surface area (Å²) in [5.41, 5.74) is 0.821. The molecule has 0 spiro atoms. The van der Waals surface area contributed by atoms with E-state index in [2.05, 4.69) is 30.6 Å². The molecule has 0 atom stereocenters. The summed E-state index contributed by atoms with van der Waals surface area (Å²) in [6.45, 7) is 7.83. The highest BCUT2D eigenvalue weighted by Gasteiger charge is 2.12. The Bertz CT molecular complexity index is 565. The molecular weight excluding hydrogens is 208 g/mol. The standard InChI is InChI=1S/C11H12N2OS/c1-4-7-5-8-9(6(2)3)12-13-11(14)10(8)15-7/h4-6H,1H2,2-3H3,(H,13,14). The molecule has 0 aliphatic heterocycles. The summed E-state index contributed by atoms with van der Waals surface area (Å²) in [5, 5.41) is 7.57. The van der Waals surface area contributed by atoms with Crippen molar-refractivity contribution in [3.63, 3.8) is 0 Å². The summed E-state index contributed by atoms with van der Waals surface area (Å²) >= 11 is 1.45. The van der Waals surface area contributed by atoms with Crippen molar-refractivity contribution in [3.8, 4) is 0 Å². The van der Waals surface area contributed by atoms with Gasteiger partial charge in [-0.1, -0.05) is 26.5 Å². The number of aromatic nitrogens is 2. The van der Waals surface area contributed by atoms with Gasteiger partial charge in [-0.3, -0.25) is 4.79 Å². The van der Waals surface area contributed by atoms with Gasteiger partial charge in [0, 0.05) is 10.3 Å². The van der Waals surface area contributed by atoms with Crippen molar-refractivity contribution in [2.45, 2.75) is 19.8 Å². The van der Waals surface area contributed by atoms with Crippen molar-refractivity contribution in [3.05, 3.63) is 33.6 Å². The summed E-state index contributed by atoms with van der Waals surface area (Å²) in [6.07, 6.45) is 1.76. The van der Waals surface area contributed by atoms with Crippen LogP contribution in [0.5, 0.6) is 0 Å². The van der Waals surface area contributed by atoms with Crippen molar-refractivity contribution < 1.29 is 0 Å². The van der Waals surface area contributed by atoms with Crippen molar-refractivity contribution in [1.82, 2.24) is 10.2 Å². The number of hydrogen-bond donors (Lipinski definition) is 1. The summed E-state index contributed by atoms with van der Waals surface area (Å²) in [6, 6.07) is 1.98. The van der Waals surface area contributed by atoms with Crippen molar-refractivity contribution in [2.75, 3.05) is 0 Å². The van der Waals surface area contributed by atoms with Crippen LogP contribution in [0.2, 0.25) is 0 Å². The van der Waals surface area contributed by atoms with Crippen LogP contribution >= 0.6 is 11.3 Å². The van der Waals surface area contributed by atoms with Gasteiger partial charge in [0.15, 0.2) is 0 Å². The molecule has 0 saturated heterocycles. The fraction of sp³-hybridized carbons (Fsp3) is 0.273. The van der Waals surface area contributed by atoms with E-state index >= 15 is 0 Å². The molecule has 78 valence electrons. The van der Waals surface area contributed by atoms with Gasteiger partial charge in [-0.05, 0) is 12.0 Å². The first kappa shape index (κ1) is 10.1. The lowest BCUT2D eigenvalue weighted by Gasteiger charge is -2.03. The van der Waals surface area contributed by atoms with Gasteiger partial charge in [-0.25, -0.2) is 5.10 Å². The van der Waals surface area contributed by atoms with Gasteiger partial charge >= 0.3 is 0 Å². The molecule has 0 aliphatic rings. The van der Waals surface area contributed by atoms with E-state index < -0.39 is 0 Å². The van der Waals surface area contributed by atoms with E-state index in [1.807, 2.05) is 6.07 Å². The van der Waals surface area contributed by atoms with Crippen LogP contribution in [-0.2, 0) is 0 Å². The lowest BCUT2D eigenvalue weighted by atomic mass is 10.1. The second-order valence-electron chi connectivity index (χ2n) is 3.69. The molecule has 4 heteroatoms. The Labute approximate surface area is 91.5 Å². The van der Waals surface area contributed by atoms with E-state index in [0.717, 1.165) is 20.7 Å². The van der Waals surface area contributed by atoms with E-state index in [4.69, 9.17) is 0 Å². The predicted molar refractivity (Wildman–Crippen MR) is 64.4 cm³/mol. The highest BCUT2D eigenvalue weighted by molar-refractivity contribution is 7.19. The highest BCUT2D eigenvalue weighted by atomic mass is 32.1. The molecule has 2 heterocycles. The minimum atomic E-state index is -0.118. The molecule has 0 bridgehead atoms. The quantitative estimate of drug-likeness (QED) is 0.845. The number of thiophene rings is 1. The van der Waals surface area contributed by atoms with E-state index in [0.29, 0.717) is 5.92 Å². The number of aromatic amines is 1. The van der Waals surface area contributed by atoms with Gasteiger partial charge in [-0.2, -0.15) is 5.10 Å². The van der Waals surface area contributed by atoms with Crippen LogP contribution in [0.4, 0.5) is 0 Å². The Morgan fingerprint density at radius 1 is 1.60 bits per heavy atom. The van der Waals surface area contributed by atoms with Crippen molar-refractivity contribution in [2.24, 2.45) is 0 Å². The van der Waals surface area contributed by atoms with Crippen LogP contribution < -0.4 is 5.56 Å². The zero-order valence-electron chi connectivity index (χ0n) is 8.70. The van der Waals surface area contributed by atoms with E-state index in [1.54, 1.807) is 6.08 Å². The molecule has 0 saturated carbocycles. The van der Waals surface area contributed by atoms with Crippen molar-refractivity contribution in [1.29, 1.82) is 0 Å². The lowest BCUT2D eigenvalue weighted by Crippen LogP contribution is -2.09. The molecule has 15 heavy (non-hydrogen) atoms. The topological polar surface area (TPSA) is 45.8 Å². The Balaban J connectivity index is 2.86. The van der Waals surface area contributed by atoms with Gasteiger partial charge < -0.3 is 0 Å². The molecule has 0 amide bonds. The van der Waals surface area contributed by atoms with Gasteiger partial charge in [0.2, 0.25) is 0 Å². The second-order valence-corrected chi connectivity index (χ2v) is 4.77. The minimum Gasteiger partial charge on any atom is -0.266 e. The molecule has 2 aromatic heterocycles. The predicted octanol–water partition coefficient (Wildman–Crippen LogP) is 2.75. The van der Waals surface area contributed by atoms with Gasteiger partial charge in [0.25, 0.3) is 5.56 Å². The SMILES string of the molecule is C=Cc1cc2c(C(C)C)n[nH]c(=O)c2s1. The number of hydrogen-bond acceptors (Lipinski definition) is 3. The first-order chi connectivity index (χ1) is 7.13. The Hall–Kier alpha value is -1.42. The van der Waals surface area contributed by atoms with E-state index in [9.17, 15) is 4.79 Å². The molecule has 2 aromatic rings. The first-order valence-corrected chi connectivity index (χ1v) is 5.59. The van der Waals surface area contributed by atoms with Crippen LogP contribution in [0.15, 0.2) is 17.4 Å². The molecule has 0 fully saturated rings. The van der Waals surface area contributed by atoms with Gasteiger partial charge in [-0.15, -0.1) is 11.3 Å². The lowest BCUT2D eigenvalue weighted by molar-refractivity contribution is 0.793. The number of H-pyrrole nitrogens is 1. The molecular formula is C11H12N2OS. The Morgan fingerprint density at radius 2 is 2.33 bits per heavy atom. The Morgan fingerprint density at radius 3 is 2.93 bits per heavy atom. The molecule has 2 rings (SSSR count). The summed E-state index contributed by atoms with van der Waals surface area (Å²) in [5.74, 6) is 0.302. The molecule has 0 aromatic carbocycles. The number of nitrogens with zero attached hydrogens (tertiary/aromatic N) is 1. The number of fused-ring (bicyclic) bond motifs is 1. The van der Waals surface area contributed by atoms with E-state index in [1.165, 1.54) is 11.3 Å². The molecule has 0 unspecified atom stereocenters.